The standard InChI is InChI=1S/C13H13F2NO2/c1-8-9(6-7-13(14,15)12(17)18)10-4-2-3-5-11(10)16-8/h2-5,16H,6-7H2,1H3,(H,17,18). The fraction of sp³-hybridized carbons (Fsp3) is 0.308. The summed E-state index contributed by atoms with van der Waals surface area (Å²) in [6.07, 6.45) is -0.653. The molecular formula is C13H13F2NO2. The number of carbonyl (C=O) groups is 1. The number of alkyl halides is 2. The van der Waals surface area contributed by atoms with Crippen LogP contribution in [0.3, 0.4) is 0 Å². The Bertz CT molecular complexity index is 590. The van der Waals surface area contributed by atoms with Crippen molar-refractivity contribution in [1.82, 2.24) is 4.98 Å². The quantitative estimate of drug-likeness (QED) is 0.879. The Labute approximate surface area is 102 Å². The summed E-state index contributed by atoms with van der Waals surface area (Å²) in [5, 5.41) is 9.27. The molecule has 0 unspecified atom stereocenters. The number of carboxylic acid groups (broad SMARTS) is 1. The molecule has 0 amide bonds. The minimum absolute atomic E-state index is 0.0369. The number of aliphatic carboxylic acids is 1. The molecule has 0 spiro atoms. The zero-order valence-electron chi connectivity index (χ0n) is 9.84. The van der Waals surface area contributed by atoms with E-state index in [2.05, 4.69) is 4.98 Å². The van der Waals surface area contributed by atoms with Gasteiger partial charge in [0.1, 0.15) is 0 Å². The molecule has 2 N–H and O–H groups in total. The number of hydrogen-bond donors (Lipinski definition) is 2. The average molecular weight is 253 g/mol. The van der Waals surface area contributed by atoms with Gasteiger partial charge in [-0.2, -0.15) is 8.78 Å². The molecule has 2 aromatic rings. The molecule has 0 bridgehead atoms. The van der Waals surface area contributed by atoms with E-state index < -0.39 is 18.3 Å². The molecule has 0 fully saturated rings. The molecule has 1 aromatic heterocycles. The summed E-state index contributed by atoms with van der Waals surface area (Å²) >= 11 is 0. The number of aromatic nitrogens is 1. The zero-order chi connectivity index (χ0) is 13.3. The monoisotopic (exact) mass is 253 g/mol. The van der Waals surface area contributed by atoms with E-state index in [1.807, 2.05) is 24.3 Å². The smallest absolute Gasteiger partial charge is 0.374 e. The van der Waals surface area contributed by atoms with E-state index in [9.17, 15) is 13.6 Å². The molecule has 96 valence electrons. The number of benzene rings is 1. The van der Waals surface area contributed by atoms with Gasteiger partial charge in [0.2, 0.25) is 0 Å². The second-order valence-corrected chi connectivity index (χ2v) is 4.28. The SMILES string of the molecule is Cc1[nH]c2ccccc2c1CCC(F)(F)C(=O)O. The lowest BCUT2D eigenvalue weighted by Gasteiger charge is -2.10. The Morgan fingerprint density at radius 1 is 1.39 bits per heavy atom. The van der Waals surface area contributed by atoms with Gasteiger partial charge in [0.05, 0.1) is 0 Å². The third-order valence-corrected chi connectivity index (χ3v) is 3.03. The summed E-state index contributed by atoms with van der Waals surface area (Å²) in [5.41, 5.74) is 2.44. The van der Waals surface area contributed by atoms with Crippen molar-refractivity contribution in [2.45, 2.75) is 25.7 Å². The summed E-state index contributed by atoms with van der Waals surface area (Å²) < 4.78 is 26.1. The largest absolute Gasteiger partial charge is 0.477 e. The number of H-pyrrole nitrogens is 1. The number of rotatable bonds is 4. The van der Waals surface area contributed by atoms with Crippen LogP contribution >= 0.6 is 0 Å². The number of aryl methyl sites for hydroxylation is 2. The molecule has 1 heterocycles. The highest BCUT2D eigenvalue weighted by Gasteiger charge is 2.38. The van der Waals surface area contributed by atoms with Crippen molar-refractivity contribution in [1.29, 1.82) is 0 Å². The number of carboxylic acids is 1. The molecule has 3 nitrogen and oxygen atoms in total. The lowest BCUT2D eigenvalue weighted by atomic mass is 10.0. The number of aromatic amines is 1. The van der Waals surface area contributed by atoms with Crippen molar-refractivity contribution in [2.75, 3.05) is 0 Å². The van der Waals surface area contributed by atoms with E-state index in [4.69, 9.17) is 5.11 Å². The summed E-state index contributed by atoms with van der Waals surface area (Å²) in [6, 6.07) is 7.39. The van der Waals surface area contributed by atoms with Crippen LogP contribution in [0.4, 0.5) is 8.78 Å². The van der Waals surface area contributed by atoms with E-state index >= 15 is 0 Å². The summed E-state index contributed by atoms with van der Waals surface area (Å²) in [7, 11) is 0. The molecule has 0 aliphatic carbocycles. The maximum atomic E-state index is 13.1. The minimum atomic E-state index is -3.68. The summed E-state index contributed by atoms with van der Waals surface area (Å²) in [6.45, 7) is 1.80. The molecule has 0 aliphatic heterocycles. The van der Waals surface area contributed by atoms with Crippen LogP contribution in [0.5, 0.6) is 0 Å². The second-order valence-electron chi connectivity index (χ2n) is 4.28. The van der Waals surface area contributed by atoms with Crippen LogP contribution in [0.15, 0.2) is 24.3 Å². The lowest BCUT2D eigenvalue weighted by molar-refractivity contribution is -0.165. The molecule has 5 heteroatoms. The summed E-state index contributed by atoms with van der Waals surface area (Å²) in [5.74, 6) is -5.75. The third-order valence-electron chi connectivity index (χ3n) is 3.03. The van der Waals surface area contributed by atoms with Gasteiger partial charge in [0.15, 0.2) is 0 Å². The van der Waals surface area contributed by atoms with Crippen LogP contribution in [0.1, 0.15) is 17.7 Å². The minimum Gasteiger partial charge on any atom is -0.477 e. The molecular weight excluding hydrogens is 240 g/mol. The van der Waals surface area contributed by atoms with Crippen LogP contribution in [0, 0.1) is 6.92 Å². The van der Waals surface area contributed by atoms with Crippen LogP contribution in [-0.4, -0.2) is 22.0 Å². The van der Waals surface area contributed by atoms with Crippen molar-refractivity contribution >= 4 is 16.9 Å². The first-order valence-electron chi connectivity index (χ1n) is 5.59. The predicted molar refractivity (Wildman–Crippen MR) is 63.9 cm³/mol. The highest BCUT2D eigenvalue weighted by molar-refractivity contribution is 5.84. The third kappa shape index (κ3) is 2.20. The van der Waals surface area contributed by atoms with E-state index in [1.54, 1.807) is 6.92 Å². The normalized spacial score (nSPS) is 11.9. The molecule has 2 rings (SSSR count). The topological polar surface area (TPSA) is 53.1 Å². The number of fused-ring (bicyclic) bond motifs is 1. The first kappa shape index (κ1) is 12.5. The van der Waals surface area contributed by atoms with Gasteiger partial charge in [-0.1, -0.05) is 18.2 Å². The maximum Gasteiger partial charge on any atom is 0.374 e. The second kappa shape index (κ2) is 4.40. The van der Waals surface area contributed by atoms with Crippen molar-refractivity contribution in [3.8, 4) is 0 Å². The van der Waals surface area contributed by atoms with Gasteiger partial charge in [0.25, 0.3) is 0 Å². The van der Waals surface area contributed by atoms with Crippen LogP contribution in [-0.2, 0) is 11.2 Å². The van der Waals surface area contributed by atoms with E-state index in [-0.39, 0.29) is 6.42 Å². The van der Waals surface area contributed by atoms with E-state index in [0.717, 1.165) is 22.2 Å². The van der Waals surface area contributed by atoms with Gasteiger partial charge in [0, 0.05) is 23.0 Å². The van der Waals surface area contributed by atoms with Gasteiger partial charge in [-0.3, -0.25) is 0 Å². The fourth-order valence-electron chi connectivity index (χ4n) is 2.05. The molecule has 1 aromatic carbocycles. The van der Waals surface area contributed by atoms with Crippen LogP contribution < -0.4 is 0 Å². The van der Waals surface area contributed by atoms with Crippen LogP contribution in [0.2, 0.25) is 0 Å². The van der Waals surface area contributed by atoms with Crippen molar-refractivity contribution in [3.05, 3.63) is 35.5 Å². The van der Waals surface area contributed by atoms with Crippen LogP contribution in [0.25, 0.3) is 10.9 Å². The lowest BCUT2D eigenvalue weighted by Crippen LogP contribution is -2.28. The summed E-state index contributed by atoms with van der Waals surface area (Å²) in [4.78, 5) is 13.5. The van der Waals surface area contributed by atoms with Crippen molar-refractivity contribution in [2.24, 2.45) is 0 Å². The van der Waals surface area contributed by atoms with Gasteiger partial charge in [-0.15, -0.1) is 0 Å². The van der Waals surface area contributed by atoms with Crippen molar-refractivity contribution < 1.29 is 18.7 Å². The van der Waals surface area contributed by atoms with Gasteiger partial charge in [-0.25, -0.2) is 4.79 Å². The number of para-hydroxylation sites is 1. The highest BCUT2D eigenvalue weighted by atomic mass is 19.3. The molecule has 0 radical (unpaired) electrons. The average Bonchev–Trinajstić information content (AvgIpc) is 2.62. The van der Waals surface area contributed by atoms with Crippen molar-refractivity contribution in [3.63, 3.8) is 0 Å². The van der Waals surface area contributed by atoms with Gasteiger partial charge in [-0.05, 0) is 25.0 Å². The molecule has 0 saturated carbocycles. The molecule has 0 atom stereocenters. The maximum absolute atomic E-state index is 13.1. The number of nitrogens with one attached hydrogen (secondary N) is 1. The zero-order valence-corrected chi connectivity index (χ0v) is 9.84. The Morgan fingerprint density at radius 2 is 2.06 bits per heavy atom. The first-order valence-corrected chi connectivity index (χ1v) is 5.59. The predicted octanol–water partition coefficient (Wildman–Crippen LogP) is 3.13. The Hall–Kier alpha value is -1.91. The fourth-order valence-corrected chi connectivity index (χ4v) is 2.05. The highest BCUT2D eigenvalue weighted by Crippen LogP contribution is 2.27. The van der Waals surface area contributed by atoms with Gasteiger partial charge < -0.3 is 10.1 Å². The first-order chi connectivity index (χ1) is 8.42. The Kier molecular flexibility index (Phi) is 3.07. The van der Waals surface area contributed by atoms with E-state index in [1.165, 1.54) is 0 Å². The Morgan fingerprint density at radius 3 is 2.72 bits per heavy atom. The van der Waals surface area contributed by atoms with E-state index in [0.29, 0.717) is 0 Å². The Balaban J connectivity index is 2.27. The molecule has 0 saturated heterocycles. The number of hydrogen-bond acceptors (Lipinski definition) is 1. The van der Waals surface area contributed by atoms with Gasteiger partial charge >= 0.3 is 11.9 Å². The number of halogens is 2. The molecule has 18 heavy (non-hydrogen) atoms. The molecule has 0 aliphatic rings.